The van der Waals surface area contributed by atoms with Crippen LogP contribution in [0.5, 0.6) is 0 Å². The van der Waals surface area contributed by atoms with E-state index in [2.05, 4.69) is 86.1 Å². The zero-order valence-corrected chi connectivity index (χ0v) is 40.0. The molecule has 2 aromatic carbocycles. The van der Waals surface area contributed by atoms with Gasteiger partial charge in [-0.1, -0.05) is 122 Å². The highest BCUT2D eigenvalue weighted by Crippen LogP contribution is 2.24. The van der Waals surface area contributed by atoms with Crippen molar-refractivity contribution in [2.45, 2.75) is 102 Å². The molecular weight excluding hydrogens is 869 g/mol. The van der Waals surface area contributed by atoms with Crippen molar-refractivity contribution in [3.05, 3.63) is 140 Å². The van der Waals surface area contributed by atoms with Crippen LogP contribution in [0.25, 0.3) is 0 Å². The minimum Gasteiger partial charge on any atom is -0.465 e. The van der Waals surface area contributed by atoms with Gasteiger partial charge in [0.15, 0.2) is 0 Å². The van der Waals surface area contributed by atoms with E-state index in [1.807, 2.05) is 36.4 Å². The average Bonchev–Trinajstić information content (AvgIpc) is 4.16. The molecule has 0 radical (unpaired) electrons. The van der Waals surface area contributed by atoms with E-state index in [4.69, 9.17) is 9.47 Å². The van der Waals surface area contributed by atoms with Crippen LogP contribution < -0.4 is 0 Å². The quantitative estimate of drug-likeness (QED) is 0.0575. The number of carbonyl (C=O) groups is 4. The van der Waals surface area contributed by atoms with Gasteiger partial charge < -0.3 is 29.5 Å². The number of likely N-dealkylation sites (tertiary alicyclic amines) is 2. The standard InChI is InChI=1S/2C27H31NO4S/c2*1-20(8-6-11-21-9-4-3-5-10-21)24(29)16-13-22-14-18-26(30)28(22)19-7-12-23-15-17-25(33-23)27(31)32-2/h2*3-5,9-10,13,15-17,20,22,24,29H,6,8,11,14,18-19H2,1-2H3/b2*16-13+/t20?,22-,24+;20?,22-,24-/m00/s1. The number of methoxy groups -OCH3 is 2. The van der Waals surface area contributed by atoms with Gasteiger partial charge >= 0.3 is 11.9 Å². The normalized spacial score (nSPS) is 17.6. The lowest BCUT2D eigenvalue weighted by Crippen LogP contribution is -2.32. The van der Waals surface area contributed by atoms with Crippen LogP contribution in [-0.4, -0.2) is 95.4 Å². The Morgan fingerprint density at radius 2 is 1.05 bits per heavy atom. The number of aliphatic hydroxyl groups excluding tert-OH is 2. The molecule has 2 aliphatic heterocycles. The number of rotatable bonds is 18. The van der Waals surface area contributed by atoms with Gasteiger partial charge in [0.25, 0.3) is 0 Å². The van der Waals surface area contributed by atoms with E-state index < -0.39 is 12.2 Å². The van der Waals surface area contributed by atoms with Crippen LogP contribution in [0.1, 0.15) is 105 Å². The Hall–Kier alpha value is -5.76. The molecule has 2 aromatic heterocycles. The van der Waals surface area contributed by atoms with Crippen molar-refractivity contribution in [2.24, 2.45) is 11.8 Å². The number of carbonyl (C=O) groups excluding carboxylic acids is 4. The molecule has 6 rings (SSSR count). The molecular formula is C54H62N2O8S2. The van der Waals surface area contributed by atoms with Crippen molar-refractivity contribution in [3.63, 3.8) is 0 Å². The number of hydrogen-bond donors (Lipinski definition) is 2. The van der Waals surface area contributed by atoms with Crippen molar-refractivity contribution >= 4 is 46.4 Å². The number of esters is 2. The second kappa shape index (κ2) is 27.0. The minimum absolute atomic E-state index is 0.0491. The number of amides is 2. The molecule has 0 bridgehead atoms. The van der Waals surface area contributed by atoms with Crippen LogP contribution in [0.2, 0.25) is 0 Å². The van der Waals surface area contributed by atoms with Gasteiger partial charge in [-0.05, 0) is 98.6 Å². The monoisotopic (exact) mass is 930 g/mol. The largest absolute Gasteiger partial charge is 0.465 e. The summed E-state index contributed by atoms with van der Waals surface area (Å²) < 4.78 is 9.42. The molecule has 0 spiro atoms. The van der Waals surface area contributed by atoms with Crippen LogP contribution in [0.4, 0.5) is 0 Å². The summed E-state index contributed by atoms with van der Waals surface area (Å²) in [5.41, 5.74) is 2.64. The summed E-state index contributed by atoms with van der Waals surface area (Å²) in [5.74, 6) is 11.8. The second-order valence-corrected chi connectivity index (χ2v) is 18.8. The molecule has 2 aliphatic rings. The smallest absolute Gasteiger partial charge is 0.348 e. The Morgan fingerprint density at radius 1 is 0.652 bits per heavy atom. The lowest BCUT2D eigenvalue weighted by molar-refractivity contribution is -0.128. The molecule has 12 heteroatoms. The van der Waals surface area contributed by atoms with E-state index >= 15 is 0 Å². The van der Waals surface area contributed by atoms with E-state index in [0.29, 0.717) is 35.7 Å². The minimum atomic E-state index is -0.535. The van der Waals surface area contributed by atoms with E-state index in [-0.39, 0.29) is 47.7 Å². The first-order valence-corrected chi connectivity index (χ1v) is 24.3. The van der Waals surface area contributed by atoms with Gasteiger partial charge in [-0.25, -0.2) is 9.59 Å². The topological polar surface area (TPSA) is 134 Å². The van der Waals surface area contributed by atoms with Gasteiger partial charge in [-0.3, -0.25) is 9.59 Å². The fourth-order valence-electron chi connectivity index (χ4n) is 7.73. The van der Waals surface area contributed by atoms with Crippen molar-refractivity contribution in [2.75, 3.05) is 27.3 Å². The molecule has 348 valence electrons. The predicted molar refractivity (Wildman–Crippen MR) is 262 cm³/mol. The fourth-order valence-corrected chi connectivity index (χ4v) is 9.33. The summed E-state index contributed by atoms with van der Waals surface area (Å²) in [7, 11) is 2.70. The molecule has 66 heavy (non-hydrogen) atoms. The molecule has 6 atom stereocenters. The summed E-state index contributed by atoms with van der Waals surface area (Å²) in [5, 5.41) is 21.1. The molecule has 2 amide bonds. The van der Waals surface area contributed by atoms with E-state index in [0.717, 1.165) is 61.1 Å². The van der Waals surface area contributed by atoms with Crippen LogP contribution in [0.3, 0.4) is 0 Å². The third kappa shape index (κ3) is 16.3. The molecule has 2 unspecified atom stereocenters. The molecule has 4 aromatic rings. The van der Waals surface area contributed by atoms with Gasteiger partial charge in [-0.15, -0.1) is 22.7 Å². The number of benzene rings is 2. The number of ether oxygens (including phenoxy) is 2. The maximum Gasteiger partial charge on any atom is 0.348 e. The summed E-state index contributed by atoms with van der Waals surface area (Å²) in [6, 6.07) is 27.6. The van der Waals surface area contributed by atoms with Crippen molar-refractivity contribution < 1.29 is 38.9 Å². The highest BCUT2D eigenvalue weighted by atomic mass is 32.1. The molecule has 4 heterocycles. The Morgan fingerprint density at radius 3 is 1.42 bits per heavy atom. The van der Waals surface area contributed by atoms with Gasteiger partial charge in [0.05, 0.1) is 61.4 Å². The Balaban J connectivity index is 0.000000247. The van der Waals surface area contributed by atoms with Crippen LogP contribution >= 0.6 is 22.7 Å². The predicted octanol–water partition coefficient (Wildman–Crippen LogP) is 8.91. The summed E-state index contributed by atoms with van der Waals surface area (Å²) >= 11 is 2.55. The maximum absolute atomic E-state index is 12.3. The third-order valence-corrected chi connectivity index (χ3v) is 13.8. The van der Waals surface area contributed by atoms with E-state index in [9.17, 15) is 29.4 Å². The van der Waals surface area contributed by atoms with Crippen LogP contribution in [0.15, 0.2) is 109 Å². The van der Waals surface area contributed by atoms with E-state index in [1.165, 1.54) is 48.0 Å². The molecule has 10 nitrogen and oxygen atoms in total. The summed E-state index contributed by atoms with van der Waals surface area (Å²) in [4.78, 5) is 53.8. The molecule has 2 fully saturated rings. The first kappa shape index (κ1) is 51.2. The SMILES string of the molecule is COC(=O)c1ccc(C#CCN2C(=O)CC[C@@H]2/C=C/[C@@H](O)C(C)CCCc2ccccc2)s1.COC(=O)c1ccc(C#CCN2C(=O)CC[C@@H]2/C=C/[C@H](O)C(C)CCCc2ccccc2)s1. The second-order valence-electron chi connectivity index (χ2n) is 16.6. The van der Waals surface area contributed by atoms with Crippen molar-refractivity contribution in [1.82, 2.24) is 9.80 Å². The zero-order valence-electron chi connectivity index (χ0n) is 38.4. The number of aryl methyl sites for hydroxylation is 2. The maximum atomic E-state index is 12.3. The Kier molecular flexibility index (Phi) is 21.0. The molecule has 0 aliphatic carbocycles. The lowest BCUT2D eigenvalue weighted by atomic mass is 9.95. The Bertz CT molecular complexity index is 2200. The zero-order chi connectivity index (χ0) is 47.3. The summed E-state index contributed by atoms with van der Waals surface area (Å²) in [6.45, 7) is 4.77. The average molecular weight is 931 g/mol. The number of hydrogen-bond acceptors (Lipinski definition) is 10. The molecule has 0 saturated carbocycles. The number of aliphatic hydroxyl groups is 2. The summed E-state index contributed by atoms with van der Waals surface area (Å²) in [6.07, 6.45) is 14.9. The number of nitrogens with zero attached hydrogens (tertiary/aromatic N) is 2. The van der Waals surface area contributed by atoms with Gasteiger partial charge in [-0.2, -0.15) is 0 Å². The highest BCUT2D eigenvalue weighted by molar-refractivity contribution is 7.14. The number of thiophene rings is 2. The first-order valence-electron chi connectivity index (χ1n) is 22.7. The molecule has 2 saturated heterocycles. The lowest BCUT2D eigenvalue weighted by Gasteiger charge is -2.21. The van der Waals surface area contributed by atoms with Gasteiger partial charge in [0, 0.05) is 12.8 Å². The van der Waals surface area contributed by atoms with Gasteiger partial charge in [0.1, 0.15) is 9.75 Å². The van der Waals surface area contributed by atoms with E-state index in [1.54, 1.807) is 34.1 Å². The van der Waals surface area contributed by atoms with Crippen LogP contribution in [-0.2, 0) is 31.9 Å². The fraction of sp³-hybridized carbons (Fsp3) is 0.407. The first-order chi connectivity index (χ1) is 31.9. The Labute approximate surface area is 398 Å². The van der Waals surface area contributed by atoms with Crippen molar-refractivity contribution in [3.8, 4) is 23.7 Å². The van der Waals surface area contributed by atoms with Crippen LogP contribution in [0, 0.1) is 35.5 Å². The highest BCUT2D eigenvalue weighted by Gasteiger charge is 2.30. The van der Waals surface area contributed by atoms with Gasteiger partial charge in [0.2, 0.25) is 11.8 Å². The molecule has 2 N–H and O–H groups in total. The van der Waals surface area contributed by atoms with Crippen molar-refractivity contribution in [1.29, 1.82) is 0 Å². The third-order valence-electron chi connectivity index (χ3n) is 11.8.